The van der Waals surface area contributed by atoms with Crippen LogP contribution in [0.2, 0.25) is 0 Å². The molecule has 0 aromatic rings. The second kappa shape index (κ2) is 6.77. The van der Waals surface area contributed by atoms with Crippen LogP contribution in [0.4, 0.5) is 0 Å². The average Bonchev–Trinajstić information content (AvgIpc) is 3.38. The molecule has 2 aliphatic carbocycles. The Morgan fingerprint density at radius 2 is 1.86 bits per heavy atom. The Hall–Kier alpha value is -0.770. The van der Waals surface area contributed by atoms with Gasteiger partial charge in [-0.25, -0.2) is 0 Å². The van der Waals surface area contributed by atoms with Gasteiger partial charge in [-0.1, -0.05) is 0 Å². The van der Waals surface area contributed by atoms with E-state index in [0.29, 0.717) is 17.5 Å². The van der Waals surface area contributed by atoms with Gasteiger partial charge in [-0.15, -0.1) is 0 Å². The summed E-state index contributed by atoms with van der Waals surface area (Å²) >= 11 is 0. The van der Waals surface area contributed by atoms with E-state index in [2.05, 4.69) is 36.3 Å². The Balaban J connectivity index is 1.49. The Morgan fingerprint density at radius 1 is 1.18 bits per heavy atom. The Bertz CT molecular complexity index is 388. The summed E-state index contributed by atoms with van der Waals surface area (Å²) in [4.78, 5) is 7.52. The number of guanidine groups is 1. The van der Waals surface area contributed by atoms with Crippen LogP contribution in [0.5, 0.6) is 0 Å². The predicted molar refractivity (Wildman–Crippen MR) is 93.2 cm³/mol. The third-order valence-electron chi connectivity index (χ3n) is 5.83. The highest BCUT2D eigenvalue weighted by molar-refractivity contribution is 5.80. The lowest BCUT2D eigenvalue weighted by Crippen LogP contribution is -2.50. The first-order chi connectivity index (χ1) is 10.6. The van der Waals surface area contributed by atoms with E-state index in [1.165, 1.54) is 51.6 Å². The zero-order valence-electron chi connectivity index (χ0n) is 14.7. The van der Waals surface area contributed by atoms with Crippen LogP contribution in [-0.4, -0.2) is 49.1 Å². The van der Waals surface area contributed by atoms with Crippen molar-refractivity contribution in [1.29, 1.82) is 0 Å². The van der Waals surface area contributed by atoms with Crippen molar-refractivity contribution in [2.45, 2.75) is 71.4 Å². The van der Waals surface area contributed by atoms with Crippen molar-refractivity contribution in [3.63, 3.8) is 0 Å². The van der Waals surface area contributed by atoms with Gasteiger partial charge in [0, 0.05) is 38.3 Å². The number of nitrogens with one attached hydrogen (secondary N) is 2. The van der Waals surface area contributed by atoms with Gasteiger partial charge in [0.2, 0.25) is 0 Å². The molecule has 0 aromatic heterocycles. The molecular weight excluding hydrogens is 272 g/mol. The molecule has 0 atom stereocenters. The number of piperidine rings is 1. The van der Waals surface area contributed by atoms with E-state index in [4.69, 9.17) is 4.99 Å². The highest BCUT2D eigenvalue weighted by Crippen LogP contribution is 2.61. The van der Waals surface area contributed by atoms with Crippen LogP contribution in [0, 0.1) is 11.3 Å². The third-order valence-corrected chi connectivity index (χ3v) is 5.83. The van der Waals surface area contributed by atoms with Gasteiger partial charge in [0.1, 0.15) is 0 Å². The molecule has 126 valence electrons. The molecule has 22 heavy (non-hydrogen) atoms. The van der Waals surface area contributed by atoms with Crippen molar-refractivity contribution in [3.05, 3.63) is 0 Å². The van der Waals surface area contributed by atoms with Crippen LogP contribution in [0.1, 0.15) is 59.3 Å². The molecular formula is C18H34N4. The number of rotatable bonds is 6. The van der Waals surface area contributed by atoms with E-state index in [1.807, 2.05) is 0 Å². The minimum absolute atomic E-state index is 0.587. The summed E-state index contributed by atoms with van der Waals surface area (Å²) in [6.07, 6.45) is 8.19. The van der Waals surface area contributed by atoms with Crippen LogP contribution in [-0.2, 0) is 0 Å². The molecule has 1 saturated heterocycles. The molecule has 3 fully saturated rings. The minimum Gasteiger partial charge on any atom is -0.357 e. The van der Waals surface area contributed by atoms with Crippen molar-refractivity contribution in [3.8, 4) is 0 Å². The summed E-state index contributed by atoms with van der Waals surface area (Å²) in [6, 6.07) is 1.26. The molecule has 0 radical (unpaired) electrons. The first kappa shape index (κ1) is 16.1. The minimum atomic E-state index is 0.587. The number of likely N-dealkylation sites (tertiary alicyclic amines) is 1. The van der Waals surface area contributed by atoms with Crippen molar-refractivity contribution in [2.75, 3.05) is 26.2 Å². The van der Waals surface area contributed by atoms with Crippen molar-refractivity contribution < 1.29 is 0 Å². The second-order valence-electron chi connectivity index (χ2n) is 7.88. The molecule has 0 unspecified atom stereocenters. The highest BCUT2D eigenvalue weighted by atomic mass is 15.2. The molecule has 1 heterocycles. The summed E-state index contributed by atoms with van der Waals surface area (Å²) < 4.78 is 0. The molecule has 4 nitrogen and oxygen atoms in total. The van der Waals surface area contributed by atoms with Gasteiger partial charge in [0.05, 0.1) is 0 Å². The zero-order valence-corrected chi connectivity index (χ0v) is 14.7. The molecule has 3 rings (SSSR count). The maximum atomic E-state index is 4.94. The number of aliphatic imine (C=N–C) groups is 1. The average molecular weight is 306 g/mol. The lowest BCUT2D eigenvalue weighted by Gasteiger charge is -2.35. The molecule has 1 aliphatic heterocycles. The predicted octanol–water partition coefficient (Wildman–Crippen LogP) is 2.60. The van der Waals surface area contributed by atoms with E-state index in [1.54, 1.807) is 0 Å². The summed E-state index contributed by atoms with van der Waals surface area (Å²) in [7, 11) is 0. The number of hydrogen-bond donors (Lipinski definition) is 2. The highest BCUT2D eigenvalue weighted by Gasteiger charge is 2.53. The molecule has 3 aliphatic rings. The van der Waals surface area contributed by atoms with E-state index >= 15 is 0 Å². The first-order valence-corrected chi connectivity index (χ1v) is 9.42. The summed E-state index contributed by atoms with van der Waals surface area (Å²) in [5, 5.41) is 7.14. The van der Waals surface area contributed by atoms with E-state index < -0.39 is 0 Å². The summed E-state index contributed by atoms with van der Waals surface area (Å²) in [5.41, 5.74) is 0.601. The van der Waals surface area contributed by atoms with Crippen molar-refractivity contribution >= 4 is 5.96 Å². The van der Waals surface area contributed by atoms with Gasteiger partial charge in [-0.05, 0) is 70.6 Å². The van der Waals surface area contributed by atoms with Gasteiger partial charge in [0.25, 0.3) is 0 Å². The maximum absolute atomic E-state index is 4.94. The topological polar surface area (TPSA) is 39.7 Å². The molecule has 0 aromatic carbocycles. The Kier molecular flexibility index (Phi) is 4.96. The normalized spacial score (nSPS) is 26.3. The second-order valence-corrected chi connectivity index (χ2v) is 7.88. The van der Waals surface area contributed by atoms with Gasteiger partial charge in [-0.2, -0.15) is 0 Å². The van der Waals surface area contributed by atoms with Crippen LogP contribution in [0.15, 0.2) is 4.99 Å². The quantitative estimate of drug-likeness (QED) is 0.585. The Morgan fingerprint density at radius 3 is 2.36 bits per heavy atom. The number of nitrogens with zero attached hydrogens (tertiary/aromatic N) is 2. The molecule has 0 amide bonds. The number of hydrogen-bond acceptors (Lipinski definition) is 2. The first-order valence-electron chi connectivity index (χ1n) is 9.42. The monoisotopic (exact) mass is 306 g/mol. The van der Waals surface area contributed by atoms with E-state index in [9.17, 15) is 0 Å². The zero-order chi connectivity index (χ0) is 15.6. The van der Waals surface area contributed by atoms with Crippen LogP contribution >= 0.6 is 0 Å². The fourth-order valence-electron chi connectivity index (χ4n) is 3.86. The van der Waals surface area contributed by atoms with E-state index in [-0.39, 0.29) is 0 Å². The lowest BCUT2D eigenvalue weighted by molar-refractivity contribution is 0.167. The summed E-state index contributed by atoms with van der Waals surface area (Å²) in [5.74, 6) is 2.05. The van der Waals surface area contributed by atoms with Gasteiger partial charge in [-0.3, -0.25) is 4.99 Å². The molecule has 2 saturated carbocycles. The smallest absolute Gasteiger partial charge is 0.191 e. The third kappa shape index (κ3) is 3.95. The lowest BCUT2D eigenvalue weighted by atomic mass is 10.0. The van der Waals surface area contributed by atoms with Crippen LogP contribution in [0.3, 0.4) is 0 Å². The molecule has 2 N–H and O–H groups in total. The largest absolute Gasteiger partial charge is 0.357 e. The Labute approximate surface area is 136 Å². The fourth-order valence-corrected chi connectivity index (χ4v) is 3.86. The SMILES string of the molecule is CCNC(=NCC1(C2CC2)CC1)NC1CCN(C(C)C)CC1. The fraction of sp³-hybridized carbons (Fsp3) is 0.944. The van der Waals surface area contributed by atoms with Crippen LogP contribution in [0.25, 0.3) is 0 Å². The van der Waals surface area contributed by atoms with Crippen molar-refractivity contribution in [1.82, 2.24) is 15.5 Å². The van der Waals surface area contributed by atoms with Gasteiger partial charge >= 0.3 is 0 Å². The van der Waals surface area contributed by atoms with Gasteiger partial charge in [0.15, 0.2) is 5.96 Å². The molecule has 0 spiro atoms. The van der Waals surface area contributed by atoms with E-state index in [0.717, 1.165) is 25.0 Å². The summed E-state index contributed by atoms with van der Waals surface area (Å²) in [6.45, 7) is 11.2. The standard InChI is InChI=1S/C18H34N4/c1-4-19-17(20-13-18(9-10-18)15-5-6-15)21-16-7-11-22(12-8-16)14(2)3/h14-16H,4-13H2,1-3H3,(H2,19,20,21). The molecule has 0 bridgehead atoms. The van der Waals surface area contributed by atoms with Crippen LogP contribution < -0.4 is 10.6 Å². The van der Waals surface area contributed by atoms with Gasteiger partial charge < -0.3 is 15.5 Å². The van der Waals surface area contributed by atoms with Crippen molar-refractivity contribution in [2.24, 2.45) is 16.3 Å². The maximum Gasteiger partial charge on any atom is 0.191 e. The molecule has 4 heteroatoms.